The molecule has 1 saturated heterocycles. The molecule has 8 heteroatoms. The first kappa shape index (κ1) is 15.0. The number of carboxylic acids is 1. The monoisotopic (exact) mass is 295 g/mol. The molecule has 0 spiro atoms. The van der Waals surface area contributed by atoms with Gasteiger partial charge in [-0.3, -0.25) is 10.1 Å². The Balaban J connectivity index is 2.47. The fraction of sp³-hybridized carbons (Fsp3) is 0.462. The third kappa shape index (κ3) is 3.05. The Morgan fingerprint density at radius 2 is 1.95 bits per heavy atom. The number of aromatic carboxylic acids is 1. The summed E-state index contributed by atoms with van der Waals surface area (Å²) in [7, 11) is 3.22. The first-order valence-electron chi connectivity index (χ1n) is 6.47. The molecule has 21 heavy (non-hydrogen) atoms. The van der Waals surface area contributed by atoms with Crippen molar-refractivity contribution in [1.82, 2.24) is 4.90 Å². The molecule has 0 aliphatic carbocycles. The molecule has 0 aromatic heterocycles. The summed E-state index contributed by atoms with van der Waals surface area (Å²) >= 11 is 0. The number of hydrogen-bond donors (Lipinski definition) is 1. The Morgan fingerprint density at radius 3 is 2.43 bits per heavy atom. The Labute approximate surface area is 121 Å². The Kier molecular flexibility index (Phi) is 4.27. The number of nitrogens with zero attached hydrogens (tertiary/aromatic N) is 3. The zero-order chi connectivity index (χ0) is 15.6. The molecule has 1 aliphatic heterocycles. The average molecular weight is 295 g/mol. The highest BCUT2D eigenvalue weighted by atomic mass is 16.6. The van der Waals surface area contributed by atoms with Gasteiger partial charge in [-0.25, -0.2) is 4.79 Å². The fourth-order valence-electron chi connectivity index (χ4n) is 2.35. The summed E-state index contributed by atoms with van der Waals surface area (Å²) in [4.78, 5) is 25.9. The van der Waals surface area contributed by atoms with Crippen molar-refractivity contribution >= 4 is 17.3 Å². The fourth-order valence-corrected chi connectivity index (χ4v) is 2.35. The molecule has 1 aromatic rings. The number of carbonyl (C=O) groups is 1. The van der Waals surface area contributed by atoms with E-state index in [1.807, 2.05) is 11.9 Å². The second-order valence-electron chi connectivity index (χ2n) is 4.90. The summed E-state index contributed by atoms with van der Waals surface area (Å²) in [5.74, 6) is -1.46. The zero-order valence-electron chi connectivity index (χ0n) is 11.9. The summed E-state index contributed by atoms with van der Waals surface area (Å²) in [6.45, 7) is 3.03. The molecular formula is C13H17N3O5. The number of piperazine rings is 1. The van der Waals surface area contributed by atoms with E-state index in [1.165, 1.54) is 19.2 Å². The second kappa shape index (κ2) is 5.96. The SMILES string of the molecule is COc1c(C(=O)O)cc(N2CCN(C)CC2)cc1[N+](=O)[O-]. The van der Waals surface area contributed by atoms with Gasteiger partial charge in [-0.2, -0.15) is 0 Å². The largest absolute Gasteiger partial charge is 0.490 e. The number of likely N-dealkylation sites (N-methyl/N-ethyl adjacent to an activating group) is 1. The van der Waals surface area contributed by atoms with Gasteiger partial charge in [0.2, 0.25) is 5.75 Å². The second-order valence-corrected chi connectivity index (χ2v) is 4.90. The third-order valence-electron chi connectivity index (χ3n) is 3.55. The van der Waals surface area contributed by atoms with Gasteiger partial charge >= 0.3 is 11.7 Å². The topological polar surface area (TPSA) is 96.2 Å². The van der Waals surface area contributed by atoms with Gasteiger partial charge in [-0.15, -0.1) is 0 Å². The van der Waals surface area contributed by atoms with E-state index in [2.05, 4.69) is 4.90 Å². The predicted molar refractivity (Wildman–Crippen MR) is 76.3 cm³/mol. The number of nitro benzene ring substituents is 1. The maximum absolute atomic E-state index is 11.3. The van der Waals surface area contributed by atoms with E-state index in [0.717, 1.165) is 13.1 Å². The highest BCUT2D eigenvalue weighted by Gasteiger charge is 2.26. The molecule has 8 nitrogen and oxygen atoms in total. The van der Waals surface area contributed by atoms with Crippen molar-refractivity contribution in [2.75, 3.05) is 45.2 Å². The molecule has 114 valence electrons. The van der Waals surface area contributed by atoms with Gasteiger partial charge in [0, 0.05) is 37.9 Å². The molecule has 0 bridgehead atoms. The van der Waals surface area contributed by atoms with E-state index in [9.17, 15) is 20.0 Å². The first-order valence-corrected chi connectivity index (χ1v) is 6.47. The van der Waals surface area contributed by atoms with E-state index in [0.29, 0.717) is 18.8 Å². The minimum absolute atomic E-state index is 0.194. The summed E-state index contributed by atoms with van der Waals surface area (Å²) in [6, 6.07) is 2.80. The van der Waals surface area contributed by atoms with E-state index in [-0.39, 0.29) is 17.0 Å². The minimum Gasteiger partial charge on any atom is -0.490 e. The summed E-state index contributed by atoms with van der Waals surface area (Å²) < 4.78 is 4.91. The van der Waals surface area contributed by atoms with Gasteiger partial charge < -0.3 is 19.6 Å². The first-order chi connectivity index (χ1) is 9.93. The van der Waals surface area contributed by atoms with Gasteiger partial charge in [0.25, 0.3) is 0 Å². The van der Waals surface area contributed by atoms with Crippen LogP contribution in [0.4, 0.5) is 11.4 Å². The lowest BCUT2D eigenvalue weighted by atomic mass is 10.1. The molecule has 1 N–H and O–H groups in total. The van der Waals surface area contributed by atoms with Gasteiger partial charge in [0.15, 0.2) is 0 Å². The molecule has 0 radical (unpaired) electrons. The summed E-state index contributed by atoms with van der Waals surface area (Å²) in [6.07, 6.45) is 0. The lowest BCUT2D eigenvalue weighted by Gasteiger charge is -2.34. The molecular weight excluding hydrogens is 278 g/mol. The van der Waals surface area contributed by atoms with E-state index in [1.54, 1.807) is 0 Å². The van der Waals surface area contributed by atoms with Crippen LogP contribution in [0.25, 0.3) is 0 Å². The maximum atomic E-state index is 11.3. The highest BCUT2D eigenvalue weighted by Crippen LogP contribution is 2.36. The molecule has 2 rings (SSSR count). The molecule has 1 fully saturated rings. The molecule has 1 heterocycles. The van der Waals surface area contributed by atoms with Crippen LogP contribution in [0.2, 0.25) is 0 Å². The number of nitro groups is 1. The smallest absolute Gasteiger partial charge is 0.339 e. The van der Waals surface area contributed by atoms with E-state index < -0.39 is 10.9 Å². The third-order valence-corrected chi connectivity index (χ3v) is 3.55. The number of hydrogen-bond acceptors (Lipinski definition) is 6. The molecule has 0 atom stereocenters. The quantitative estimate of drug-likeness (QED) is 0.655. The van der Waals surface area contributed by atoms with Gasteiger partial charge in [0.05, 0.1) is 12.0 Å². The predicted octanol–water partition coefficient (Wildman–Crippen LogP) is 1.05. The van der Waals surface area contributed by atoms with Crippen LogP contribution in [-0.2, 0) is 0 Å². The maximum Gasteiger partial charge on any atom is 0.339 e. The number of rotatable bonds is 4. The van der Waals surface area contributed by atoms with Crippen molar-refractivity contribution in [3.63, 3.8) is 0 Å². The van der Waals surface area contributed by atoms with Crippen LogP contribution >= 0.6 is 0 Å². The highest BCUT2D eigenvalue weighted by molar-refractivity contribution is 5.94. The summed E-state index contributed by atoms with van der Waals surface area (Å²) in [5, 5.41) is 20.4. The van der Waals surface area contributed by atoms with Gasteiger partial charge in [0.1, 0.15) is 5.56 Å². The van der Waals surface area contributed by atoms with Crippen molar-refractivity contribution in [1.29, 1.82) is 0 Å². The van der Waals surface area contributed by atoms with Crippen molar-refractivity contribution in [2.45, 2.75) is 0 Å². The van der Waals surface area contributed by atoms with Crippen LogP contribution < -0.4 is 9.64 Å². The van der Waals surface area contributed by atoms with Crippen LogP contribution in [0.15, 0.2) is 12.1 Å². The van der Waals surface area contributed by atoms with Crippen LogP contribution in [0.5, 0.6) is 5.75 Å². The molecule has 1 aliphatic rings. The molecule has 0 unspecified atom stereocenters. The number of anilines is 1. The van der Waals surface area contributed by atoms with Crippen molar-refractivity contribution < 1.29 is 19.6 Å². The lowest BCUT2D eigenvalue weighted by molar-refractivity contribution is -0.385. The number of ether oxygens (including phenoxy) is 1. The lowest BCUT2D eigenvalue weighted by Crippen LogP contribution is -2.44. The Morgan fingerprint density at radius 1 is 1.33 bits per heavy atom. The normalized spacial score (nSPS) is 15.8. The van der Waals surface area contributed by atoms with Gasteiger partial charge in [-0.05, 0) is 13.1 Å². The zero-order valence-corrected chi connectivity index (χ0v) is 11.9. The Hall–Kier alpha value is -2.35. The van der Waals surface area contributed by atoms with Crippen molar-refractivity contribution in [3.8, 4) is 5.75 Å². The Bertz CT molecular complexity index is 532. The van der Waals surface area contributed by atoms with Crippen molar-refractivity contribution in [3.05, 3.63) is 27.8 Å². The molecule has 0 amide bonds. The van der Waals surface area contributed by atoms with Crippen LogP contribution in [0.1, 0.15) is 10.4 Å². The number of benzene rings is 1. The van der Waals surface area contributed by atoms with E-state index >= 15 is 0 Å². The standard InChI is InChI=1S/C13H17N3O5/c1-14-3-5-15(6-4-14)9-7-10(13(17)18)12(21-2)11(8-9)16(19)20/h7-8H,3-6H2,1-2H3,(H,17,18). The molecule has 0 saturated carbocycles. The van der Waals surface area contributed by atoms with Crippen LogP contribution in [0.3, 0.4) is 0 Å². The minimum atomic E-state index is -1.24. The van der Waals surface area contributed by atoms with Crippen LogP contribution in [-0.4, -0.2) is 61.2 Å². The summed E-state index contributed by atoms with van der Waals surface area (Å²) in [5.41, 5.74) is 0.0138. The average Bonchev–Trinajstić information content (AvgIpc) is 2.46. The number of carboxylic acid groups (broad SMARTS) is 1. The van der Waals surface area contributed by atoms with Crippen LogP contribution in [0, 0.1) is 10.1 Å². The van der Waals surface area contributed by atoms with Crippen molar-refractivity contribution in [2.24, 2.45) is 0 Å². The molecule has 1 aromatic carbocycles. The number of methoxy groups -OCH3 is 1. The van der Waals surface area contributed by atoms with Gasteiger partial charge in [-0.1, -0.05) is 0 Å². The van der Waals surface area contributed by atoms with E-state index in [4.69, 9.17) is 4.74 Å².